The number of methoxy groups -OCH3 is 2. The average Bonchev–Trinajstić information content (AvgIpc) is 2.70. The molecule has 0 atom stereocenters. The summed E-state index contributed by atoms with van der Waals surface area (Å²) >= 11 is 0. The second-order valence-corrected chi connectivity index (χ2v) is 5.84. The molecule has 0 saturated heterocycles. The third-order valence-corrected chi connectivity index (χ3v) is 4.16. The maximum Gasteiger partial charge on any atom is 0.162 e. The standard InChI is InChI=1S/C19H22N4O3.2ClH/c1-23(9-7-13-6-4-5-8-20-13)19-14-10-16(25-2)17(26-3)11-15(14)21-18(12-24)22-19;;/h4-6,8,10-11,24H,7,9,12H2,1-3H3;2*1H. The van der Waals surface area contributed by atoms with Gasteiger partial charge in [0, 0.05) is 43.4 Å². The van der Waals surface area contributed by atoms with Gasteiger partial charge in [0.2, 0.25) is 0 Å². The quantitative estimate of drug-likeness (QED) is 0.621. The summed E-state index contributed by atoms with van der Waals surface area (Å²) in [5, 5.41) is 10.4. The maximum absolute atomic E-state index is 9.53. The number of ether oxygens (including phenoxy) is 2. The van der Waals surface area contributed by atoms with E-state index in [4.69, 9.17) is 9.47 Å². The van der Waals surface area contributed by atoms with E-state index in [9.17, 15) is 5.11 Å². The molecule has 0 aliphatic carbocycles. The van der Waals surface area contributed by atoms with Crippen molar-refractivity contribution in [1.29, 1.82) is 0 Å². The Labute approximate surface area is 176 Å². The van der Waals surface area contributed by atoms with Crippen LogP contribution in [-0.2, 0) is 13.0 Å². The highest BCUT2D eigenvalue weighted by atomic mass is 35.5. The minimum Gasteiger partial charge on any atom is -0.493 e. The van der Waals surface area contributed by atoms with E-state index in [2.05, 4.69) is 15.0 Å². The number of nitrogens with zero attached hydrogens (tertiary/aromatic N) is 4. The Hall–Kier alpha value is -2.35. The number of pyridine rings is 1. The lowest BCUT2D eigenvalue weighted by atomic mass is 10.2. The van der Waals surface area contributed by atoms with Crippen molar-refractivity contribution in [2.24, 2.45) is 0 Å². The van der Waals surface area contributed by atoms with E-state index in [1.807, 2.05) is 36.2 Å². The number of aliphatic hydroxyl groups excluding tert-OH is 1. The molecule has 0 radical (unpaired) electrons. The summed E-state index contributed by atoms with van der Waals surface area (Å²) in [4.78, 5) is 15.3. The fourth-order valence-corrected chi connectivity index (χ4v) is 2.78. The summed E-state index contributed by atoms with van der Waals surface area (Å²) in [6.07, 6.45) is 2.57. The van der Waals surface area contributed by atoms with Crippen LogP contribution in [0.2, 0.25) is 0 Å². The van der Waals surface area contributed by atoms with Crippen LogP contribution in [0.25, 0.3) is 10.9 Å². The molecule has 0 bridgehead atoms. The van der Waals surface area contributed by atoms with Crippen LogP contribution in [0.4, 0.5) is 5.82 Å². The smallest absolute Gasteiger partial charge is 0.162 e. The van der Waals surface area contributed by atoms with Gasteiger partial charge in [-0.15, -0.1) is 24.8 Å². The maximum atomic E-state index is 9.53. The fraction of sp³-hybridized carbons (Fsp3) is 0.316. The number of likely N-dealkylation sites (N-methyl/N-ethyl adjacent to an activating group) is 1. The summed E-state index contributed by atoms with van der Waals surface area (Å²) < 4.78 is 10.8. The first-order valence-electron chi connectivity index (χ1n) is 8.30. The molecule has 1 N–H and O–H groups in total. The SMILES string of the molecule is COc1cc2nc(CO)nc(N(C)CCc3ccccn3)c2cc1OC.Cl.Cl. The third-order valence-electron chi connectivity index (χ3n) is 4.16. The minimum absolute atomic E-state index is 0. The predicted molar refractivity (Wildman–Crippen MR) is 114 cm³/mol. The molecular weight excluding hydrogens is 403 g/mol. The molecule has 2 heterocycles. The van der Waals surface area contributed by atoms with Gasteiger partial charge in [0.05, 0.1) is 19.7 Å². The molecule has 1 aromatic carbocycles. The molecule has 0 aliphatic rings. The third kappa shape index (κ3) is 5.13. The first kappa shape index (κ1) is 23.7. The first-order valence-corrected chi connectivity index (χ1v) is 8.30. The van der Waals surface area contributed by atoms with E-state index in [0.717, 1.165) is 29.9 Å². The molecule has 0 amide bonds. The van der Waals surface area contributed by atoms with Gasteiger partial charge in [-0.2, -0.15) is 0 Å². The molecule has 2 aromatic heterocycles. The van der Waals surface area contributed by atoms with Crippen molar-refractivity contribution in [2.45, 2.75) is 13.0 Å². The average molecular weight is 427 g/mol. The van der Waals surface area contributed by atoms with Gasteiger partial charge >= 0.3 is 0 Å². The van der Waals surface area contributed by atoms with Gasteiger partial charge in [0.25, 0.3) is 0 Å². The number of benzene rings is 1. The number of halogens is 2. The molecule has 0 unspecified atom stereocenters. The number of fused-ring (bicyclic) bond motifs is 1. The van der Waals surface area contributed by atoms with Crippen LogP contribution >= 0.6 is 24.8 Å². The van der Waals surface area contributed by atoms with Gasteiger partial charge in [-0.05, 0) is 18.2 Å². The monoisotopic (exact) mass is 426 g/mol. The summed E-state index contributed by atoms with van der Waals surface area (Å²) in [6, 6.07) is 9.54. The van der Waals surface area contributed by atoms with Gasteiger partial charge in [-0.1, -0.05) is 6.07 Å². The van der Waals surface area contributed by atoms with Crippen LogP contribution in [0.5, 0.6) is 11.5 Å². The Morgan fingerprint density at radius 1 is 1.04 bits per heavy atom. The van der Waals surface area contributed by atoms with Gasteiger partial charge < -0.3 is 19.5 Å². The van der Waals surface area contributed by atoms with Crippen LogP contribution in [0, 0.1) is 0 Å². The van der Waals surface area contributed by atoms with E-state index >= 15 is 0 Å². The Morgan fingerprint density at radius 2 is 1.75 bits per heavy atom. The molecule has 7 nitrogen and oxygen atoms in total. The van der Waals surface area contributed by atoms with Crippen molar-refractivity contribution in [3.8, 4) is 11.5 Å². The lowest BCUT2D eigenvalue weighted by Gasteiger charge is -2.21. The second kappa shape index (κ2) is 10.8. The molecular formula is C19H24Cl2N4O3. The Morgan fingerprint density at radius 3 is 2.36 bits per heavy atom. The predicted octanol–water partition coefficient (Wildman–Crippen LogP) is 3.06. The number of rotatable bonds is 7. The first-order chi connectivity index (χ1) is 12.7. The van der Waals surface area contributed by atoms with Crippen molar-refractivity contribution in [2.75, 3.05) is 32.7 Å². The number of aliphatic hydroxyl groups is 1. The van der Waals surface area contributed by atoms with E-state index in [0.29, 0.717) is 22.8 Å². The van der Waals surface area contributed by atoms with Crippen molar-refractivity contribution in [1.82, 2.24) is 15.0 Å². The number of anilines is 1. The molecule has 9 heteroatoms. The number of hydrogen-bond acceptors (Lipinski definition) is 7. The molecule has 152 valence electrons. The summed E-state index contributed by atoms with van der Waals surface area (Å²) in [5.74, 6) is 2.30. The van der Waals surface area contributed by atoms with Crippen molar-refractivity contribution < 1.29 is 14.6 Å². The molecule has 3 aromatic rings. The molecule has 0 saturated carbocycles. The minimum atomic E-state index is -0.231. The number of hydrogen-bond donors (Lipinski definition) is 1. The number of aromatic nitrogens is 3. The summed E-state index contributed by atoms with van der Waals surface area (Å²) in [5.41, 5.74) is 1.71. The van der Waals surface area contributed by atoms with Crippen LogP contribution < -0.4 is 14.4 Å². The van der Waals surface area contributed by atoms with Crippen LogP contribution in [0.15, 0.2) is 36.5 Å². The van der Waals surface area contributed by atoms with Gasteiger partial charge in [0.1, 0.15) is 12.4 Å². The largest absolute Gasteiger partial charge is 0.493 e. The second-order valence-electron chi connectivity index (χ2n) is 5.84. The fourth-order valence-electron chi connectivity index (χ4n) is 2.78. The van der Waals surface area contributed by atoms with Gasteiger partial charge in [0.15, 0.2) is 17.3 Å². The lowest BCUT2D eigenvalue weighted by molar-refractivity contribution is 0.272. The zero-order valence-electron chi connectivity index (χ0n) is 16.0. The topological polar surface area (TPSA) is 80.6 Å². The molecule has 0 fully saturated rings. The summed E-state index contributed by atoms with van der Waals surface area (Å²) in [7, 11) is 5.14. The summed E-state index contributed by atoms with van der Waals surface area (Å²) in [6.45, 7) is 0.494. The van der Waals surface area contributed by atoms with E-state index < -0.39 is 0 Å². The van der Waals surface area contributed by atoms with Crippen LogP contribution in [-0.4, -0.2) is 47.9 Å². The van der Waals surface area contributed by atoms with E-state index in [1.54, 1.807) is 26.5 Å². The zero-order valence-corrected chi connectivity index (χ0v) is 17.6. The van der Waals surface area contributed by atoms with Crippen molar-refractivity contribution >= 4 is 41.5 Å². The Kier molecular flexibility index (Phi) is 9.18. The van der Waals surface area contributed by atoms with Crippen LogP contribution in [0.3, 0.4) is 0 Å². The highest BCUT2D eigenvalue weighted by Gasteiger charge is 2.15. The molecule has 28 heavy (non-hydrogen) atoms. The van der Waals surface area contributed by atoms with Gasteiger partial charge in [-0.3, -0.25) is 4.98 Å². The van der Waals surface area contributed by atoms with E-state index in [1.165, 1.54) is 0 Å². The van der Waals surface area contributed by atoms with Gasteiger partial charge in [-0.25, -0.2) is 9.97 Å². The molecule has 3 rings (SSSR count). The molecule has 0 aliphatic heterocycles. The lowest BCUT2D eigenvalue weighted by Crippen LogP contribution is -2.23. The zero-order chi connectivity index (χ0) is 18.5. The van der Waals surface area contributed by atoms with E-state index in [-0.39, 0.29) is 31.4 Å². The van der Waals surface area contributed by atoms with Crippen molar-refractivity contribution in [3.05, 3.63) is 48.0 Å². The highest BCUT2D eigenvalue weighted by Crippen LogP contribution is 2.35. The Balaban J connectivity index is 0.00000196. The molecule has 0 spiro atoms. The highest BCUT2D eigenvalue weighted by molar-refractivity contribution is 5.92. The normalized spacial score (nSPS) is 10.0. The Bertz CT molecular complexity index is 897. The van der Waals surface area contributed by atoms with Crippen LogP contribution in [0.1, 0.15) is 11.5 Å². The van der Waals surface area contributed by atoms with Crippen molar-refractivity contribution in [3.63, 3.8) is 0 Å².